The average molecular weight is 412 g/mol. The summed E-state index contributed by atoms with van der Waals surface area (Å²) in [6, 6.07) is 12.9. The summed E-state index contributed by atoms with van der Waals surface area (Å²) in [4.78, 5) is 13.6. The van der Waals surface area contributed by atoms with Crippen LogP contribution in [0.15, 0.2) is 47.6 Å². The monoisotopic (exact) mass is 411 g/mol. The van der Waals surface area contributed by atoms with Gasteiger partial charge in [0.1, 0.15) is 18.0 Å². The molecule has 7 heteroatoms. The number of nitrogens with zero attached hydrogens (tertiary/aromatic N) is 1. The number of nitrogens with one attached hydrogen (secondary N) is 3. The van der Waals surface area contributed by atoms with Gasteiger partial charge in [0.25, 0.3) is 5.91 Å². The topological polar surface area (TPSA) is 87.4 Å². The van der Waals surface area contributed by atoms with Crippen molar-refractivity contribution in [2.75, 3.05) is 32.1 Å². The molecular weight excluding hydrogens is 380 g/mol. The number of carbonyl (C=O) groups excluding carboxylic acids is 1. The number of hydrazone groups is 1. The summed E-state index contributed by atoms with van der Waals surface area (Å²) in [7, 11) is 1.61. The highest BCUT2D eigenvalue weighted by molar-refractivity contribution is 5.99. The van der Waals surface area contributed by atoms with Crippen molar-refractivity contribution in [1.82, 2.24) is 5.43 Å². The molecule has 0 aliphatic carbocycles. The number of carbonyl (C=O) groups is 1. The minimum atomic E-state index is -0.234. The fraction of sp³-hybridized carbons (Fsp3) is 0.391. The Morgan fingerprint density at radius 3 is 2.57 bits per heavy atom. The van der Waals surface area contributed by atoms with E-state index in [0.29, 0.717) is 11.5 Å². The fourth-order valence-corrected chi connectivity index (χ4v) is 3.59. The van der Waals surface area contributed by atoms with E-state index in [9.17, 15) is 9.90 Å². The van der Waals surface area contributed by atoms with Crippen molar-refractivity contribution in [3.63, 3.8) is 0 Å². The molecular formula is C23H31N4O3+. The van der Waals surface area contributed by atoms with E-state index < -0.39 is 0 Å². The summed E-state index contributed by atoms with van der Waals surface area (Å²) in [6.45, 7) is 5.07. The first-order valence-corrected chi connectivity index (χ1v) is 10.4. The number of anilines is 1. The second kappa shape index (κ2) is 10.6. The number of amides is 1. The lowest BCUT2D eigenvalue weighted by molar-refractivity contribution is -0.918. The number of phenolic OH excluding ortho intramolecular Hbond substituents is 1. The van der Waals surface area contributed by atoms with Gasteiger partial charge in [0.15, 0.2) is 0 Å². The summed E-state index contributed by atoms with van der Waals surface area (Å²) in [5.41, 5.74) is 5.92. The molecule has 7 nitrogen and oxygen atoms in total. The first-order chi connectivity index (χ1) is 14.5. The maximum absolute atomic E-state index is 12.1. The standard InChI is InChI=1S/C23H30N4O3/c1-17(25-26-23(29)15-24-20-7-9-21(30-2)10-8-20)18-6-11-22(28)19(14-18)16-27-12-4-3-5-13-27/h6-11,14,24,28H,3-5,12-13,15-16H2,1-2H3,(H,26,29)/p+1/b25-17+. The van der Waals surface area contributed by atoms with Gasteiger partial charge in [-0.25, -0.2) is 5.43 Å². The molecule has 30 heavy (non-hydrogen) atoms. The normalized spacial score (nSPS) is 14.9. The Bertz CT molecular complexity index is 875. The van der Waals surface area contributed by atoms with Gasteiger partial charge in [0, 0.05) is 11.3 Å². The van der Waals surface area contributed by atoms with Gasteiger partial charge >= 0.3 is 0 Å². The van der Waals surface area contributed by atoms with Crippen molar-refractivity contribution < 1.29 is 19.5 Å². The van der Waals surface area contributed by atoms with Crippen LogP contribution in [0.25, 0.3) is 0 Å². The Kier molecular flexibility index (Phi) is 7.68. The number of hydrogen-bond donors (Lipinski definition) is 4. The van der Waals surface area contributed by atoms with Crippen LogP contribution in [0, 0.1) is 0 Å². The number of likely N-dealkylation sites (tertiary alicyclic amines) is 1. The Hall–Kier alpha value is -3.06. The number of aromatic hydroxyl groups is 1. The molecule has 0 saturated carbocycles. The van der Waals surface area contributed by atoms with E-state index in [0.717, 1.165) is 42.2 Å². The first kappa shape index (κ1) is 21.6. The predicted octanol–water partition coefficient (Wildman–Crippen LogP) is 1.92. The van der Waals surface area contributed by atoms with E-state index in [-0.39, 0.29) is 12.5 Å². The Balaban J connectivity index is 1.54. The molecule has 0 radical (unpaired) electrons. The number of phenols is 1. The largest absolute Gasteiger partial charge is 0.507 e. The van der Waals surface area contributed by atoms with Gasteiger partial charge in [-0.15, -0.1) is 0 Å². The molecule has 0 aromatic heterocycles. The van der Waals surface area contributed by atoms with Crippen LogP contribution < -0.4 is 20.4 Å². The number of rotatable bonds is 8. The number of quaternary nitrogens is 1. The fourth-order valence-electron chi connectivity index (χ4n) is 3.59. The lowest BCUT2D eigenvalue weighted by atomic mass is 10.0. The van der Waals surface area contributed by atoms with E-state index in [1.807, 2.05) is 43.3 Å². The molecule has 1 amide bonds. The zero-order valence-corrected chi connectivity index (χ0v) is 17.7. The summed E-state index contributed by atoms with van der Waals surface area (Å²) in [6.07, 6.45) is 3.79. The van der Waals surface area contributed by atoms with Crippen LogP contribution >= 0.6 is 0 Å². The van der Waals surface area contributed by atoms with E-state index in [2.05, 4.69) is 15.8 Å². The van der Waals surface area contributed by atoms with Gasteiger partial charge in [0.05, 0.1) is 32.5 Å². The molecule has 0 bridgehead atoms. The molecule has 1 saturated heterocycles. The summed E-state index contributed by atoms with van der Waals surface area (Å²) in [5, 5.41) is 17.5. The molecule has 1 heterocycles. The molecule has 1 aliphatic heterocycles. The smallest absolute Gasteiger partial charge is 0.259 e. The Morgan fingerprint density at radius 2 is 1.87 bits per heavy atom. The lowest BCUT2D eigenvalue weighted by Gasteiger charge is -2.24. The number of ether oxygens (including phenoxy) is 1. The molecule has 4 N–H and O–H groups in total. The quantitative estimate of drug-likeness (QED) is 0.395. The maximum atomic E-state index is 12.1. The van der Waals surface area contributed by atoms with Crippen LogP contribution in [0.1, 0.15) is 37.3 Å². The zero-order chi connectivity index (χ0) is 21.3. The summed E-state index contributed by atoms with van der Waals surface area (Å²) < 4.78 is 5.12. The van der Waals surface area contributed by atoms with Gasteiger partial charge < -0.3 is 20.1 Å². The molecule has 2 aromatic carbocycles. The van der Waals surface area contributed by atoms with Gasteiger partial charge in [-0.05, 0) is 74.2 Å². The molecule has 0 unspecified atom stereocenters. The van der Waals surface area contributed by atoms with Crippen molar-refractivity contribution in [3.05, 3.63) is 53.6 Å². The number of piperidine rings is 1. The van der Waals surface area contributed by atoms with Crippen molar-refractivity contribution in [1.29, 1.82) is 0 Å². The number of benzene rings is 2. The van der Waals surface area contributed by atoms with Gasteiger partial charge in [-0.2, -0.15) is 5.10 Å². The van der Waals surface area contributed by atoms with Gasteiger partial charge in [-0.3, -0.25) is 4.79 Å². The molecule has 1 aliphatic rings. The SMILES string of the molecule is COc1ccc(NCC(=O)N/N=C(\C)c2ccc(O)c(C[NH+]3CCCCC3)c2)cc1. The van der Waals surface area contributed by atoms with Crippen molar-refractivity contribution in [3.8, 4) is 11.5 Å². The van der Waals surface area contributed by atoms with Crippen LogP contribution in [0.4, 0.5) is 5.69 Å². The molecule has 0 atom stereocenters. The highest BCUT2D eigenvalue weighted by Gasteiger charge is 2.16. The predicted molar refractivity (Wildman–Crippen MR) is 118 cm³/mol. The molecule has 160 valence electrons. The van der Waals surface area contributed by atoms with Crippen LogP contribution in [0.2, 0.25) is 0 Å². The van der Waals surface area contributed by atoms with Crippen molar-refractivity contribution in [2.24, 2.45) is 5.10 Å². The second-order valence-electron chi connectivity index (χ2n) is 7.65. The second-order valence-corrected chi connectivity index (χ2v) is 7.65. The van der Waals surface area contributed by atoms with Crippen LogP contribution in [0.3, 0.4) is 0 Å². The number of methoxy groups -OCH3 is 1. The maximum Gasteiger partial charge on any atom is 0.259 e. The third kappa shape index (κ3) is 6.22. The van der Waals surface area contributed by atoms with E-state index in [1.54, 1.807) is 13.2 Å². The molecule has 0 spiro atoms. The summed E-state index contributed by atoms with van der Waals surface area (Å²) in [5.74, 6) is 0.847. The molecule has 2 aromatic rings. The van der Waals surface area contributed by atoms with Gasteiger partial charge in [-0.1, -0.05) is 0 Å². The van der Waals surface area contributed by atoms with Crippen LogP contribution in [0.5, 0.6) is 11.5 Å². The van der Waals surface area contributed by atoms with E-state index >= 15 is 0 Å². The Labute approximate surface area is 177 Å². The minimum Gasteiger partial charge on any atom is -0.507 e. The van der Waals surface area contributed by atoms with E-state index in [1.165, 1.54) is 24.2 Å². The average Bonchev–Trinajstić information content (AvgIpc) is 2.78. The first-order valence-electron chi connectivity index (χ1n) is 10.4. The zero-order valence-electron chi connectivity index (χ0n) is 17.7. The lowest BCUT2D eigenvalue weighted by Crippen LogP contribution is -3.11. The van der Waals surface area contributed by atoms with Crippen molar-refractivity contribution in [2.45, 2.75) is 32.7 Å². The third-order valence-electron chi connectivity index (χ3n) is 5.39. The molecule has 1 fully saturated rings. The molecule has 3 rings (SSSR count). The minimum absolute atomic E-state index is 0.113. The Morgan fingerprint density at radius 1 is 1.13 bits per heavy atom. The number of hydrogen-bond acceptors (Lipinski definition) is 5. The van der Waals surface area contributed by atoms with Crippen LogP contribution in [-0.2, 0) is 11.3 Å². The van der Waals surface area contributed by atoms with E-state index in [4.69, 9.17) is 4.74 Å². The van der Waals surface area contributed by atoms with Crippen molar-refractivity contribution >= 4 is 17.3 Å². The highest BCUT2D eigenvalue weighted by Crippen LogP contribution is 2.18. The third-order valence-corrected chi connectivity index (χ3v) is 5.39. The van der Waals surface area contributed by atoms with Gasteiger partial charge in [0.2, 0.25) is 0 Å². The summed E-state index contributed by atoms with van der Waals surface area (Å²) >= 11 is 0. The highest BCUT2D eigenvalue weighted by atomic mass is 16.5. The van der Waals surface area contributed by atoms with Crippen LogP contribution in [-0.4, -0.2) is 43.5 Å².